The molecule has 0 aliphatic heterocycles. The normalized spacial score (nSPS) is 11.5. The zero-order valence-corrected chi connectivity index (χ0v) is 13.2. The molecule has 0 saturated carbocycles. The Bertz CT molecular complexity index is 767. The van der Waals surface area contributed by atoms with Gasteiger partial charge in [0.1, 0.15) is 22.9 Å². The molecule has 0 aromatic heterocycles. The highest BCUT2D eigenvalue weighted by atomic mass is 19.1. The van der Waals surface area contributed by atoms with Gasteiger partial charge in [-0.1, -0.05) is 20.8 Å². The maximum Gasteiger partial charge on any atom is 0.339 e. The Balaban J connectivity index is 2.77. The lowest BCUT2D eigenvalue weighted by Gasteiger charge is -2.26. The van der Waals surface area contributed by atoms with Gasteiger partial charge in [0, 0.05) is 17.2 Å². The van der Waals surface area contributed by atoms with Crippen molar-refractivity contribution >= 4 is 5.97 Å². The van der Waals surface area contributed by atoms with Crippen LogP contribution in [0.3, 0.4) is 0 Å². The number of hydrogen-bond donors (Lipinski definition) is 2. The highest BCUT2D eigenvalue weighted by molar-refractivity contribution is 5.93. The summed E-state index contributed by atoms with van der Waals surface area (Å²) in [5.41, 5.74) is -0.0153. The second-order valence-electron chi connectivity index (χ2n) is 6.09. The molecule has 2 aromatic carbocycles. The number of aromatic carboxylic acids is 1. The first-order chi connectivity index (χ1) is 10.7. The Hall–Kier alpha value is -2.43. The van der Waals surface area contributed by atoms with Gasteiger partial charge in [0.15, 0.2) is 0 Å². The lowest BCUT2D eigenvalue weighted by atomic mass is 9.79. The smallest absolute Gasteiger partial charge is 0.339 e. The predicted octanol–water partition coefficient (Wildman–Crippen LogP) is 4.72. The minimum Gasteiger partial charge on any atom is -0.507 e. The summed E-state index contributed by atoms with van der Waals surface area (Å²) in [5.74, 6) is -3.12. The summed E-state index contributed by atoms with van der Waals surface area (Å²) < 4.78 is 27.1. The molecule has 3 nitrogen and oxygen atoms in total. The van der Waals surface area contributed by atoms with Crippen LogP contribution in [0.5, 0.6) is 5.75 Å². The second kappa shape index (κ2) is 5.99. The molecule has 0 spiro atoms. The van der Waals surface area contributed by atoms with E-state index in [9.17, 15) is 23.8 Å². The third-order valence-electron chi connectivity index (χ3n) is 4.20. The fraction of sp³-hybridized carbons (Fsp3) is 0.278. The maximum atomic E-state index is 14.0. The first-order valence-corrected chi connectivity index (χ1v) is 7.23. The minimum atomic E-state index is -1.31. The van der Waals surface area contributed by atoms with Crippen LogP contribution in [0.1, 0.15) is 43.1 Å². The zero-order chi connectivity index (χ0) is 17.4. The highest BCUT2D eigenvalue weighted by Gasteiger charge is 2.27. The van der Waals surface area contributed by atoms with E-state index in [-0.39, 0.29) is 22.4 Å². The summed E-state index contributed by atoms with van der Waals surface area (Å²) in [4.78, 5) is 11.4. The minimum absolute atomic E-state index is 0.0852. The van der Waals surface area contributed by atoms with Gasteiger partial charge in [-0.2, -0.15) is 0 Å². The summed E-state index contributed by atoms with van der Waals surface area (Å²) in [6, 6.07) is 5.86. The van der Waals surface area contributed by atoms with Crippen LogP contribution in [0.4, 0.5) is 8.78 Å². The van der Waals surface area contributed by atoms with Crippen molar-refractivity contribution in [2.75, 3.05) is 0 Å². The van der Waals surface area contributed by atoms with Gasteiger partial charge in [-0.25, -0.2) is 13.6 Å². The molecule has 0 atom stereocenters. The Kier molecular flexibility index (Phi) is 4.41. The van der Waals surface area contributed by atoms with Gasteiger partial charge in [0.05, 0.1) is 0 Å². The van der Waals surface area contributed by atoms with Crippen LogP contribution in [-0.2, 0) is 5.41 Å². The summed E-state index contributed by atoms with van der Waals surface area (Å²) in [6.07, 6.45) is 0.648. The fourth-order valence-electron chi connectivity index (χ4n) is 2.38. The third kappa shape index (κ3) is 3.18. The average molecular weight is 320 g/mol. The van der Waals surface area contributed by atoms with Crippen molar-refractivity contribution in [1.82, 2.24) is 0 Å². The molecule has 0 fully saturated rings. The van der Waals surface area contributed by atoms with E-state index in [0.717, 1.165) is 12.1 Å². The molecule has 0 aliphatic carbocycles. The van der Waals surface area contributed by atoms with Crippen molar-refractivity contribution in [3.63, 3.8) is 0 Å². The summed E-state index contributed by atoms with van der Waals surface area (Å²) in [7, 11) is 0. The van der Waals surface area contributed by atoms with Crippen LogP contribution in [-0.4, -0.2) is 16.2 Å². The predicted molar refractivity (Wildman–Crippen MR) is 83.7 cm³/mol. The largest absolute Gasteiger partial charge is 0.507 e. The topological polar surface area (TPSA) is 57.5 Å². The molecule has 0 radical (unpaired) electrons. The van der Waals surface area contributed by atoms with Crippen LogP contribution in [0.2, 0.25) is 0 Å². The van der Waals surface area contributed by atoms with Gasteiger partial charge < -0.3 is 10.2 Å². The SMILES string of the molecule is CCC(C)(C)c1cc(-c2ccc(F)cc2F)cc(C(=O)O)c1O. The molecular formula is C18H18F2O3. The Labute approximate surface area is 133 Å². The fourth-order valence-corrected chi connectivity index (χ4v) is 2.38. The molecule has 0 amide bonds. The van der Waals surface area contributed by atoms with Crippen LogP contribution < -0.4 is 0 Å². The van der Waals surface area contributed by atoms with Crippen molar-refractivity contribution < 1.29 is 23.8 Å². The van der Waals surface area contributed by atoms with Gasteiger partial charge >= 0.3 is 5.97 Å². The first-order valence-electron chi connectivity index (χ1n) is 7.23. The quantitative estimate of drug-likeness (QED) is 0.856. The molecule has 2 rings (SSSR count). The molecule has 0 saturated heterocycles. The lowest BCUT2D eigenvalue weighted by Crippen LogP contribution is -2.17. The van der Waals surface area contributed by atoms with E-state index in [1.165, 1.54) is 12.1 Å². The van der Waals surface area contributed by atoms with Crippen molar-refractivity contribution in [2.24, 2.45) is 0 Å². The second-order valence-corrected chi connectivity index (χ2v) is 6.09. The molecule has 0 heterocycles. The third-order valence-corrected chi connectivity index (χ3v) is 4.20. The van der Waals surface area contributed by atoms with Crippen LogP contribution in [0.25, 0.3) is 11.1 Å². The van der Waals surface area contributed by atoms with Crippen LogP contribution in [0.15, 0.2) is 30.3 Å². The number of hydrogen-bond acceptors (Lipinski definition) is 2. The van der Waals surface area contributed by atoms with Crippen molar-refractivity contribution in [1.29, 1.82) is 0 Å². The van der Waals surface area contributed by atoms with E-state index in [2.05, 4.69) is 0 Å². The monoisotopic (exact) mass is 320 g/mol. The number of rotatable bonds is 4. The summed E-state index contributed by atoms with van der Waals surface area (Å²) in [5, 5.41) is 19.6. The Morgan fingerprint density at radius 3 is 2.35 bits per heavy atom. The number of carboxylic acids is 1. The number of carboxylic acid groups (broad SMARTS) is 1. The molecule has 5 heteroatoms. The molecule has 122 valence electrons. The molecule has 23 heavy (non-hydrogen) atoms. The van der Waals surface area contributed by atoms with Crippen LogP contribution >= 0.6 is 0 Å². The molecule has 0 aliphatic rings. The number of halogens is 2. The van der Waals surface area contributed by atoms with Crippen molar-refractivity contribution in [3.05, 3.63) is 53.1 Å². The molecule has 2 N–H and O–H groups in total. The molecule has 2 aromatic rings. The Morgan fingerprint density at radius 2 is 1.83 bits per heavy atom. The molecule has 0 unspecified atom stereocenters. The van der Waals surface area contributed by atoms with Gasteiger partial charge in [-0.05, 0) is 41.7 Å². The van der Waals surface area contributed by atoms with Crippen molar-refractivity contribution in [3.8, 4) is 16.9 Å². The average Bonchev–Trinajstić information content (AvgIpc) is 2.47. The van der Waals surface area contributed by atoms with Gasteiger partial charge in [-0.15, -0.1) is 0 Å². The number of aromatic hydroxyl groups is 1. The zero-order valence-electron chi connectivity index (χ0n) is 13.2. The maximum absolute atomic E-state index is 14.0. The van der Waals surface area contributed by atoms with Crippen LogP contribution in [0, 0.1) is 11.6 Å². The highest BCUT2D eigenvalue weighted by Crippen LogP contribution is 2.39. The lowest BCUT2D eigenvalue weighted by molar-refractivity contribution is 0.0693. The van der Waals surface area contributed by atoms with E-state index in [1.54, 1.807) is 6.07 Å². The Morgan fingerprint density at radius 1 is 1.17 bits per heavy atom. The first kappa shape index (κ1) is 16.9. The van der Waals surface area contributed by atoms with E-state index in [1.807, 2.05) is 20.8 Å². The standard InChI is InChI=1S/C18H18F2O3/c1-4-18(2,3)14-8-10(7-13(16(14)21)17(22)23)12-6-5-11(19)9-15(12)20/h5-9,21H,4H2,1-3H3,(H,22,23). The van der Waals surface area contributed by atoms with E-state index >= 15 is 0 Å². The number of phenols is 1. The number of benzene rings is 2. The van der Waals surface area contributed by atoms with E-state index in [4.69, 9.17) is 0 Å². The molecular weight excluding hydrogens is 302 g/mol. The van der Waals surface area contributed by atoms with E-state index in [0.29, 0.717) is 12.0 Å². The van der Waals surface area contributed by atoms with Gasteiger partial charge in [-0.3, -0.25) is 0 Å². The molecule has 0 bridgehead atoms. The van der Waals surface area contributed by atoms with Gasteiger partial charge in [0.2, 0.25) is 0 Å². The van der Waals surface area contributed by atoms with Crippen molar-refractivity contribution in [2.45, 2.75) is 32.6 Å². The summed E-state index contributed by atoms with van der Waals surface area (Å²) in [6.45, 7) is 5.63. The van der Waals surface area contributed by atoms with E-state index < -0.39 is 23.0 Å². The van der Waals surface area contributed by atoms with Gasteiger partial charge in [0.25, 0.3) is 0 Å². The number of carbonyl (C=O) groups is 1. The summed E-state index contributed by atoms with van der Waals surface area (Å²) >= 11 is 0.